The summed E-state index contributed by atoms with van der Waals surface area (Å²) in [5.41, 5.74) is 2.52. The van der Waals surface area contributed by atoms with E-state index in [1.54, 1.807) is 7.11 Å². The Bertz CT molecular complexity index is 655. The second-order valence-electron chi connectivity index (χ2n) is 6.91. The first kappa shape index (κ1) is 14.8. The molecule has 1 aliphatic carbocycles. The van der Waals surface area contributed by atoms with Crippen LogP contribution in [0, 0.1) is 5.41 Å². The van der Waals surface area contributed by atoms with E-state index in [-0.39, 0.29) is 23.0 Å². The third kappa shape index (κ3) is 2.65. The lowest BCUT2D eigenvalue weighted by atomic mass is 9.70. The highest BCUT2D eigenvalue weighted by Crippen LogP contribution is 2.43. The highest BCUT2D eigenvalue weighted by atomic mass is 16.5. The van der Waals surface area contributed by atoms with Crippen molar-refractivity contribution in [2.75, 3.05) is 7.11 Å². The van der Waals surface area contributed by atoms with Gasteiger partial charge in [-0.2, -0.15) is 0 Å². The van der Waals surface area contributed by atoms with Crippen molar-refractivity contribution < 1.29 is 14.3 Å². The molecule has 0 unspecified atom stereocenters. The van der Waals surface area contributed by atoms with Gasteiger partial charge in [-0.05, 0) is 29.5 Å². The van der Waals surface area contributed by atoms with Gasteiger partial charge in [0, 0.05) is 30.0 Å². The van der Waals surface area contributed by atoms with E-state index < -0.39 is 0 Å². The Morgan fingerprint density at radius 2 is 1.82 bits per heavy atom. The minimum absolute atomic E-state index is 0.00920. The molecular weight excluding hydrogens is 278 g/mol. The van der Waals surface area contributed by atoms with E-state index in [9.17, 15) is 9.59 Å². The predicted molar refractivity (Wildman–Crippen MR) is 83.5 cm³/mol. The number of benzene rings is 1. The van der Waals surface area contributed by atoms with Crippen LogP contribution in [0.1, 0.15) is 44.6 Å². The van der Waals surface area contributed by atoms with Gasteiger partial charge in [0.2, 0.25) is 5.91 Å². The number of allylic oxidation sites excluding steroid dienone is 2. The summed E-state index contributed by atoms with van der Waals surface area (Å²) in [7, 11) is 1.62. The molecule has 0 radical (unpaired) electrons. The first-order chi connectivity index (χ1) is 10.4. The number of ether oxygens (including phenoxy) is 1. The highest BCUT2D eigenvalue weighted by molar-refractivity contribution is 6.02. The molecule has 0 saturated carbocycles. The van der Waals surface area contributed by atoms with Crippen LogP contribution >= 0.6 is 0 Å². The van der Waals surface area contributed by atoms with Crippen LogP contribution in [0.3, 0.4) is 0 Å². The van der Waals surface area contributed by atoms with Crippen LogP contribution < -0.4 is 10.1 Å². The Morgan fingerprint density at radius 1 is 1.14 bits per heavy atom. The van der Waals surface area contributed by atoms with Crippen LogP contribution in [0.5, 0.6) is 5.75 Å². The Labute approximate surface area is 130 Å². The zero-order valence-electron chi connectivity index (χ0n) is 13.2. The second kappa shape index (κ2) is 5.27. The molecule has 1 aliphatic heterocycles. The van der Waals surface area contributed by atoms with E-state index in [1.807, 2.05) is 24.3 Å². The summed E-state index contributed by atoms with van der Waals surface area (Å²) in [6, 6.07) is 7.64. The Hall–Kier alpha value is -2.10. The summed E-state index contributed by atoms with van der Waals surface area (Å²) in [5.74, 6) is 0.782. The van der Waals surface area contributed by atoms with Crippen LogP contribution in [-0.4, -0.2) is 18.8 Å². The molecule has 0 spiro atoms. The monoisotopic (exact) mass is 299 g/mol. The van der Waals surface area contributed by atoms with Crippen molar-refractivity contribution in [2.24, 2.45) is 5.41 Å². The number of hydrogen-bond acceptors (Lipinski definition) is 3. The van der Waals surface area contributed by atoms with Gasteiger partial charge in [-0.25, -0.2) is 0 Å². The topological polar surface area (TPSA) is 55.4 Å². The summed E-state index contributed by atoms with van der Waals surface area (Å²) < 4.78 is 5.17. The maximum atomic E-state index is 12.6. The van der Waals surface area contributed by atoms with Gasteiger partial charge in [-0.1, -0.05) is 26.0 Å². The molecule has 1 aromatic rings. The van der Waals surface area contributed by atoms with Gasteiger partial charge in [0.1, 0.15) is 5.75 Å². The Kier molecular flexibility index (Phi) is 3.55. The number of methoxy groups -OCH3 is 1. The van der Waals surface area contributed by atoms with Gasteiger partial charge in [0.05, 0.1) is 7.11 Å². The van der Waals surface area contributed by atoms with Gasteiger partial charge in [0.25, 0.3) is 0 Å². The average Bonchev–Trinajstić information content (AvgIpc) is 2.44. The maximum absolute atomic E-state index is 12.6. The molecule has 3 rings (SSSR count). The van der Waals surface area contributed by atoms with Gasteiger partial charge in [-0.3, -0.25) is 9.59 Å². The van der Waals surface area contributed by atoms with E-state index in [4.69, 9.17) is 4.74 Å². The Morgan fingerprint density at radius 3 is 2.45 bits per heavy atom. The second-order valence-corrected chi connectivity index (χ2v) is 6.91. The summed E-state index contributed by atoms with van der Waals surface area (Å²) >= 11 is 0. The molecular formula is C18H21NO3. The van der Waals surface area contributed by atoms with Crippen LogP contribution in [-0.2, 0) is 9.59 Å². The van der Waals surface area contributed by atoms with E-state index in [1.165, 1.54) is 0 Å². The Balaban J connectivity index is 2.02. The smallest absolute Gasteiger partial charge is 0.225 e. The van der Waals surface area contributed by atoms with E-state index in [0.717, 1.165) is 29.0 Å². The molecule has 0 aromatic heterocycles. The number of amides is 1. The van der Waals surface area contributed by atoms with Crippen LogP contribution in [0.15, 0.2) is 35.5 Å². The van der Waals surface area contributed by atoms with Gasteiger partial charge >= 0.3 is 0 Å². The summed E-state index contributed by atoms with van der Waals surface area (Å²) in [5, 5.41) is 2.92. The number of rotatable bonds is 2. The fraction of sp³-hybridized carbons (Fsp3) is 0.444. The van der Waals surface area contributed by atoms with E-state index in [2.05, 4.69) is 19.2 Å². The molecule has 1 aromatic carbocycles. The molecule has 0 bridgehead atoms. The first-order valence-electron chi connectivity index (χ1n) is 7.60. The van der Waals surface area contributed by atoms with Crippen molar-refractivity contribution in [2.45, 2.75) is 39.0 Å². The molecule has 116 valence electrons. The summed E-state index contributed by atoms with van der Waals surface area (Å²) in [6.45, 7) is 4.13. The molecule has 2 aliphatic rings. The number of nitrogens with one attached hydrogen (secondary N) is 1. The maximum Gasteiger partial charge on any atom is 0.225 e. The number of carbonyl (C=O) groups is 2. The molecule has 1 heterocycles. The fourth-order valence-electron chi connectivity index (χ4n) is 3.48. The predicted octanol–water partition coefficient (Wildman–Crippen LogP) is 2.94. The van der Waals surface area contributed by atoms with Gasteiger partial charge < -0.3 is 10.1 Å². The number of ketones is 1. The zero-order valence-corrected chi connectivity index (χ0v) is 13.2. The fourth-order valence-corrected chi connectivity index (χ4v) is 3.48. The minimum Gasteiger partial charge on any atom is -0.497 e. The summed E-state index contributed by atoms with van der Waals surface area (Å²) in [4.78, 5) is 24.7. The molecule has 0 fully saturated rings. The largest absolute Gasteiger partial charge is 0.497 e. The lowest BCUT2D eigenvalue weighted by Gasteiger charge is -2.37. The van der Waals surface area contributed by atoms with Crippen LogP contribution in [0.25, 0.3) is 0 Å². The zero-order chi connectivity index (χ0) is 15.9. The summed E-state index contributed by atoms with van der Waals surface area (Å²) in [6.07, 6.45) is 1.61. The quantitative estimate of drug-likeness (QED) is 0.913. The molecule has 4 heteroatoms. The number of carbonyl (C=O) groups excluding carboxylic acids is 2. The van der Waals surface area contributed by atoms with E-state index >= 15 is 0 Å². The minimum atomic E-state index is -0.141. The highest BCUT2D eigenvalue weighted by Gasteiger charge is 2.40. The third-order valence-corrected chi connectivity index (χ3v) is 4.47. The standard InChI is InChI=1S/C18H21NO3/c1-18(2)9-14-17(15(20)10-18)13(8-16(21)19-14)11-4-6-12(22-3)7-5-11/h4-7,13H,8-10H2,1-3H3,(H,19,21)/t13-/m0/s1. The molecule has 0 saturated heterocycles. The molecule has 4 nitrogen and oxygen atoms in total. The van der Waals surface area contributed by atoms with Crippen molar-refractivity contribution >= 4 is 11.7 Å². The van der Waals surface area contributed by atoms with Crippen LogP contribution in [0.2, 0.25) is 0 Å². The van der Waals surface area contributed by atoms with Crippen molar-refractivity contribution in [1.29, 1.82) is 0 Å². The number of hydrogen-bond donors (Lipinski definition) is 1. The molecule has 1 amide bonds. The lowest BCUT2D eigenvalue weighted by molar-refractivity contribution is -0.122. The van der Waals surface area contributed by atoms with Gasteiger partial charge in [-0.15, -0.1) is 0 Å². The van der Waals surface area contributed by atoms with Crippen molar-refractivity contribution in [3.8, 4) is 5.75 Å². The number of Topliss-reactive ketones (excluding diaryl/α,β-unsaturated/α-hetero) is 1. The van der Waals surface area contributed by atoms with Gasteiger partial charge in [0.15, 0.2) is 5.78 Å². The molecule has 1 N–H and O–H groups in total. The van der Waals surface area contributed by atoms with Crippen LogP contribution in [0.4, 0.5) is 0 Å². The normalized spacial score (nSPS) is 23.9. The third-order valence-electron chi connectivity index (χ3n) is 4.47. The average molecular weight is 299 g/mol. The molecule has 1 atom stereocenters. The SMILES string of the molecule is COc1ccc([C@@H]2CC(=O)NC3=C2C(=O)CC(C)(C)C3)cc1. The van der Waals surface area contributed by atoms with Crippen molar-refractivity contribution in [1.82, 2.24) is 5.32 Å². The lowest BCUT2D eigenvalue weighted by Crippen LogP contribution is -2.40. The van der Waals surface area contributed by atoms with Crippen molar-refractivity contribution in [3.63, 3.8) is 0 Å². The first-order valence-corrected chi connectivity index (χ1v) is 7.60. The molecule has 22 heavy (non-hydrogen) atoms. The van der Waals surface area contributed by atoms with Crippen molar-refractivity contribution in [3.05, 3.63) is 41.1 Å². The van der Waals surface area contributed by atoms with E-state index in [0.29, 0.717) is 12.8 Å².